The van der Waals surface area contributed by atoms with Crippen molar-refractivity contribution in [2.45, 2.75) is 31.8 Å². The molecule has 3 aromatic rings. The zero-order chi connectivity index (χ0) is 25.4. The Kier molecular flexibility index (Phi) is 5.76. The Balaban J connectivity index is 1.09. The van der Waals surface area contributed by atoms with Gasteiger partial charge < -0.3 is 20.1 Å². The minimum atomic E-state index is -0.144. The van der Waals surface area contributed by atoms with E-state index in [1.54, 1.807) is 4.90 Å². The van der Waals surface area contributed by atoms with Gasteiger partial charge in [-0.25, -0.2) is 9.97 Å². The maximum absolute atomic E-state index is 12.6. The average molecular weight is 494 g/mol. The Labute approximate surface area is 215 Å². The normalized spacial score (nSPS) is 18.5. The summed E-state index contributed by atoms with van der Waals surface area (Å²) in [5.41, 5.74) is 8.08. The first-order chi connectivity index (χ1) is 18.0. The van der Waals surface area contributed by atoms with Crippen LogP contribution in [0.2, 0.25) is 0 Å². The highest BCUT2D eigenvalue weighted by Crippen LogP contribution is 2.50. The number of para-hydroxylation sites is 1. The van der Waals surface area contributed by atoms with Crippen LogP contribution in [0.5, 0.6) is 17.4 Å². The van der Waals surface area contributed by atoms with E-state index < -0.39 is 0 Å². The molecular formula is C29H27N5O3. The lowest BCUT2D eigenvalue weighted by Gasteiger charge is -2.58. The summed E-state index contributed by atoms with van der Waals surface area (Å²) in [7, 11) is 0. The van der Waals surface area contributed by atoms with Crippen LogP contribution in [0, 0.1) is 22.7 Å². The molecule has 6 rings (SSSR count). The van der Waals surface area contributed by atoms with Crippen LogP contribution in [0.1, 0.15) is 25.7 Å². The lowest BCUT2D eigenvalue weighted by Crippen LogP contribution is -2.66. The molecule has 2 saturated carbocycles. The highest BCUT2D eigenvalue weighted by Gasteiger charge is 2.55. The first-order valence-electron chi connectivity index (χ1n) is 12.5. The Hall–Kier alpha value is -4.38. The zero-order valence-electron chi connectivity index (χ0n) is 20.3. The highest BCUT2D eigenvalue weighted by atomic mass is 16.5. The molecule has 1 spiro atoms. The molecule has 0 radical (unpaired) electrons. The van der Waals surface area contributed by atoms with E-state index in [2.05, 4.69) is 16.0 Å². The number of hydrogen-bond donors (Lipinski definition) is 1. The van der Waals surface area contributed by atoms with E-state index in [1.807, 2.05) is 60.7 Å². The van der Waals surface area contributed by atoms with Crippen LogP contribution in [0.25, 0.3) is 11.1 Å². The van der Waals surface area contributed by atoms with Gasteiger partial charge in [-0.3, -0.25) is 4.79 Å². The Morgan fingerprint density at radius 1 is 1.05 bits per heavy atom. The number of aromatic nitrogens is 2. The fraction of sp³-hybridized carbons (Fsp3) is 0.310. The van der Waals surface area contributed by atoms with Gasteiger partial charge in [0.1, 0.15) is 41.4 Å². The summed E-state index contributed by atoms with van der Waals surface area (Å²) >= 11 is 0. The van der Waals surface area contributed by atoms with Crippen LogP contribution >= 0.6 is 0 Å². The summed E-state index contributed by atoms with van der Waals surface area (Å²) in [4.78, 5) is 23.0. The molecule has 2 aromatic carbocycles. The number of carbonyl (C=O) groups is 1. The molecule has 0 unspecified atom stereocenters. The van der Waals surface area contributed by atoms with Gasteiger partial charge in [0, 0.05) is 18.5 Å². The number of rotatable bonds is 7. The lowest BCUT2D eigenvalue weighted by molar-refractivity contribution is -0.156. The van der Waals surface area contributed by atoms with Crippen LogP contribution in [-0.4, -0.2) is 40.0 Å². The van der Waals surface area contributed by atoms with Crippen molar-refractivity contribution in [3.8, 4) is 34.6 Å². The van der Waals surface area contributed by atoms with Crippen molar-refractivity contribution in [3.05, 3.63) is 72.6 Å². The lowest BCUT2D eigenvalue weighted by atomic mass is 9.61. The van der Waals surface area contributed by atoms with Crippen LogP contribution in [0.3, 0.4) is 0 Å². The minimum Gasteiger partial charge on any atom is -0.474 e. The van der Waals surface area contributed by atoms with E-state index >= 15 is 0 Å². The molecule has 0 atom stereocenters. The maximum Gasteiger partial charge on any atom is 0.264 e. The van der Waals surface area contributed by atoms with Gasteiger partial charge in [0.15, 0.2) is 0 Å². The first kappa shape index (κ1) is 23.0. The SMILES string of the molecule is N#C/C(=C\C1CC1)C(=O)N1CC2(CC(Oc3ncnc(N)c3-c3ccc(Oc4ccccc4)cc3)C2)C1. The number of ether oxygens (including phenoxy) is 2. The standard InChI is InChI=1S/C29H27N5O3/c30-15-21(12-19-6-7-19)28(35)34-16-29(17-34)13-24(14-29)37-27-25(26(31)32-18-33-27)20-8-10-23(11-9-20)36-22-4-2-1-3-5-22/h1-5,8-12,18-19,24H,6-7,13-14,16-17H2,(H2,31,32,33)/b21-12+. The summed E-state index contributed by atoms with van der Waals surface area (Å²) in [6.45, 7) is 1.33. The molecular weight excluding hydrogens is 466 g/mol. The predicted octanol–water partition coefficient (Wildman–Crippen LogP) is 4.75. The fourth-order valence-electron chi connectivity index (χ4n) is 5.20. The maximum atomic E-state index is 12.6. The smallest absolute Gasteiger partial charge is 0.264 e. The molecule has 0 bridgehead atoms. The number of nitrogen functional groups attached to an aromatic ring is 1. The second kappa shape index (κ2) is 9.25. The summed E-state index contributed by atoms with van der Waals surface area (Å²) < 4.78 is 12.2. The van der Waals surface area contributed by atoms with Crippen LogP contribution < -0.4 is 15.2 Å². The van der Waals surface area contributed by atoms with E-state index in [9.17, 15) is 10.1 Å². The largest absolute Gasteiger partial charge is 0.474 e. The number of likely N-dealkylation sites (tertiary alicyclic amines) is 1. The molecule has 186 valence electrons. The first-order valence-corrected chi connectivity index (χ1v) is 12.5. The van der Waals surface area contributed by atoms with Crippen LogP contribution in [0.15, 0.2) is 72.6 Å². The molecule has 1 amide bonds. The third kappa shape index (κ3) is 4.73. The zero-order valence-corrected chi connectivity index (χ0v) is 20.3. The number of anilines is 1. The van der Waals surface area contributed by atoms with E-state index in [0.29, 0.717) is 42.0 Å². The van der Waals surface area contributed by atoms with Gasteiger partial charge in [0.25, 0.3) is 5.91 Å². The van der Waals surface area contributed by atoms with Crippen molar-refractivity contribution in [2.24, 2.45) is 11.3 Å². The molecule has 1 saturated heterocycles. The molecule has 1 aliphatic heterocycles. The van der Waals surface area contributed by atoms with E-state index in [-0.39, 0.29) is 23.0 Å². The van der Waals surface area contributed by atoms with Crippen molar-refractivity contribution in [1.82, 2.24) is 14.9 Å². The molecule has 37 heavy (non-hydrogen) atoms. The number of allylic oxidation sites excluding steroid dienone is 1. The summed E-state index contributed by atoms with van der Waals surface area (Å²) in [5, 5.41) is 9.36. The number of nitriles is 1. The molecule has 3 aliphatic rings. The van der Waals surface area contributed by atoms with Gasteiger partial charge >= 0.3 is 0 Å². The topological polar surface area (TPSA) is 114 Å². The quantitative estimate of drug-likeness (QED) is 0.373. The average Bonchev–Trinajstić information content (AvgIpc) is 3.68. The van der Waals surface area contributed by atoms with Crippen LogP contribution in [0.4, 0.5) is 5.82 Å². The Morgan fingerprint density at radius 3 is 2.43 bits per heavy atom. The van der Waals surface area contributed by atoms with Gasteiger partial charge in [0.2, 0.25) is 5.88 Å². The molecule has 2 aliphatic carbocycles. The van der Waals surface area contributed by atoms with Gasteiger partial charge in [-0.15, -0.1) is 0 Å². The molecule has 3 fully saturated rings. The number of benzene rings is 2. The third-order valence-corrected chi connectivity index (χ3v) is 7.28. The molecule has 8 heteroatoms. The Morgan fingerprint density at radius 2 is 1.76 bits per heavy atom. The number of nitrogens with zero attached hydrogens (tertiary/aromatic N) is 4. The minimum absolute atomic E-state index is 0.0107. The fourth-order valence-corrected chi connectivity index (χ4v) is 5.20. The molecule has 2 N–H and O–H groups in total. The van der Waals surface area contributed by atoms with Gasteiger partial charge in [-0.2, -0.15) is 5.26 Å². The van der Waals surface area contributed by atoms with Gasteiger partial charge in [-0.05, 0) is 61.4 Å². The number of hydrogen-bond acceptors (Lipinski definition) is 7. The number of amides is 1. The summed E-state index contributed by atoms with van der Waals surface area (Å²) in [6, 6.07) is 19.3. The van der Waals surface area contributed by atoms with Crippen molar-refractivity contribution < 1.29 is 14.3 Å². The monoisotopic (exact) mass is 493 g/mol. The van der Waals surface area contributed by atoms with E-state index in [0.717, 1.165) is 37.0 Å². The van der Waals surface area contributed by atoms with Crippen molar-refractivity contribution >= 4 is 11.7 Å². The summed E-state index contributed by atoms with van der Waals surface area (Å²) in [6.07, 6.45) is 7.04. The second-order valence-electron chi connectivity index (χ2n) is 10.2. The summed E-state index contributed by atoms with van der Waals surface area (Å²) in [5.74, 6) is 2.54. The van der Waals surface area contributed by atoms with Crippen LogP contribution in [-0.2, 0) is 4.79 Å². The predicted molar refractivity (Wildman–Crippen MR) is 137 cm³/mol. The number of nitrogens with two attached hydrogens (primary N) is 1. The second-order valence-corrected chi connectivity index (χ2v) is 10.2. The van der Waals surface area contributed by atoms with Gasteiger partial charge in [-0.1, -0.05) is 36.4 Å². The van der Waals surface area contributed by atoms with Gasteiger partial charge in [0.05, 0.1) is 5.56 Å². The van der Waals surface area contributed by atoms with E-state index in [1.165, 1.54) is 6.33 Å². The highest BCUT2D eigenvalue weighted by molar-refractivity contribution is 5.98. The third-order valence-electron chi connectivity index (χ3n) is 7.28. The Bertz CT molecular complexity index is 1380. The van der Waals surface area contributed by atoms with Crippen molar-refractivity contribution in [3.63, 3.8) is 0 Å². The molecule has 2 heterocycles. The van der Waals surface area contributed by atoms with Crippen molar-refractivity contribution in [1.29, 1.82) is 5.26 Å². The molecule has 8 nitrogen and oxygen atoms in total. The van der Waals surface area contributed by atoms with Crippen molar-refractivity contribution in [2.75, 3.05) is 18.8 Å². The van der Waals surface area contributed by atoms with E-state index in [4.69, 9.17) is 15.2 Å². The molecule has 1 aromatic heterocycles. The number of carbonyl (C=O) groups excluding carboxylic acids is 1.